The SMILES string of the molecule is CC(C)(C)OC(=O)N1C[C@@H](Br)[C@H](OCCO)C1. The van der Waals surface area contributed by atoms with Crippen LogP contribution in [0.3, 0.4) is 0 Å². The van der Waals surface area contributed by atoms with Crippen molar-refractivity contribution in [3.8, 4) is 0 Å². The molecule has 1 saturated heterocycles. The smallest absolute Gasteiger partial charge is 0.410 e. The van der Waals surface area contributed by atoms with Gasteiger partial charge in [-0.1, -0.05) is 15.9 Å². The molecule has 100 valence electrons. The fourth-order valence-corrected chi connectivity index (χ4v) is 2.24. The van der Waals surface area contributed by atoms with Crippen LogP contribution in [-0.2, 0) is 9.47 Å². The van der Waals surface area contributed by atoms with E-state index in [2.05, 4.69) is 15.9 Å². The molecule has 17 heavy (non-hydrogen) atoms. The van der Waals surface area contributed by atoms with E-state index in [9.17, 15) is 4.79 Å². The van der Waals surface area contributed by atoms with Gasteiger partial charge in [-0.25, -0.2) is 4.79 Å². The number of hydrogen-bond acceptors (Lipinski definition) is 4. The van der Waals surface area contributed by atoms with Crippen LogP contribution in [0.2, 0.25) is 0 Å². The van der Waals surface area contributed by atoms with Gasteiger partial charge in [0.1, 0.15) is 5.60 Å². The molecule has 0 aliphatic carbocycles. The molecule has 1 heterocycles. The lowest BCUT2D eigenvalue weighted by Crippen LogP contribution is -2.36. The Hall–Kier alpha value is -0.330. The Morgan fingerprint density at radius 3 is 2.65 bits per heavy atom. The molecule has 0 bridgehead atoms. The molecule has 1 aliphatic rings. The van der Waals surface area contributed by atoms with Crippen LogP contribution in [0.1, 0.15) is 20.8 Å². The average Bonchev–Trinajstić information content (AvgIpc) is 2.54. The van der Waals surface area contributed by atoms with Gasteiger partial charge in [0.05, 0.1) is 30.7 Å². The number of carbonyl (C=O) groups excluding carboxylic acids is 1. The molecular weight excluding hydrogens is 290 g/mol. The van der Waals surface area contributed by atoms with Gasteiger partial charge in [-0.05, 0) is 20.8 Å². The number of likely N-dealkylation sites (tertiary alicyclic amines) is 1. The van der Waals surface area contributed by atoms with Crippen LogP contribution >= 0.6 is 15.9 Å². The fourth-order valence-electron chi connectivity index (χ4n) is 1.57. The van der Waals surface area contributed by atoms with Crippen molar-refractivity contribution in [2.75, 3.05) is 26.3 Å². The Balaban J connectivity index is 2.45. The maximum absolute atomic E-state index is 11.8. The van der Waals surface area contributed by atoms with E-state index in [1.54, 1.807) is 4.90 Å². The summed E-state index contributed by atoms with van der Waals surface area (Å²) >= 11 is 3.47. The molecule has 0 saturated carbocycles. The van der Waals surface area contributed by atoms with Crippen molar-refractivity contribution in [3.63, 3.8) is 0 Å². The first kappa shape index (κ1) is 14.7. The van der Waals surface area contributed by atoms with Crippen LogP contribution < -0.4 is 0 Å². The molecular formula is C11H20BrNO4. The van der Waals surface area contributed by atoms with Crippen LogP contribution in [0.4, 0.5) is 4.79 Å². The number of alkyl halides is 1. The van der Waals surface area contributed by atoms with Gasteiger partial charge in [0.25, 0.3) is 0 Å². The molecule has 1 aliphatic heterocycles. The summed E-state index contributed by atoms with van der Waals surface area (Å²) in [5, 5.41) is 8.70. The lowest BCUT2D eigenvalue weighted by molar-refractivity contribution is 0.0163. The molecule has 6 heteroatoms. The average molecular weight is 310 g/mol. The highest BCUT2D eigenvalue weighted by Gasteiger charge is 2.36. The van der Waals surface area contributed by atoms with Crippen LogP contribution in [-0.4, -0.2) is 58.9 Å². The standard InChI is InChI=1S/C11H20BrNO4/c1-11(2,3)17-10(15)13-6-8(12)9(7-13)16-5-4-14/h8-9,14H,4-7H2,1-3H3/t8-,9-/m1/s1. The monoisotopic (exact) mass is 309 g/mol. The highest BCUT2D eigenvalue weighted by Crippen LogP contribution is 2.22. The van der Waals surface area contributed by atoms with E-state index in [0.717, 1.165) is 0 Å². The number of nitrogens with zero attached hydrogens (tertiary/aromatic N) is 1. The van der Waals surface area contributed by atoms with Crippen molar-refractivity contribution in [3.05, 3.63) is 0 Å². The highest BCUT2D eigenvalue weighted by atomic mass is 79.9. The summed E-state index contributed by atoms with van der Waals surface area (Å²) < 4.78 is 10.7. The summed E-state index contributed by atoms with van der Waals surface area (Å²) in [6.07, 6.45) is -0.410. The maximum Gasteiger partial charge on any atom is 0.410 e. The predicted octanol–water partition coefficient (Wildman–Crippen LogP) is 1.38. The molecule has 0 unspecified atom stereocenters. The van der Waals surface area contributed by atoms with Crippen LogP contribution in [0.25, 0.3) is 0 Å². The molecule has 0 radical (unpaired) electrons. The first-order chi connectivity index (χ1) is 7.83. The summed E-state index contributed by atoms with van der Waals surface area (Å²) in [4.78, 5) is 13.5. The molecule has 1 amide bonds. The number of ether oxygens (including phenoxy) is 2. The van der Waals surface area contributed by atoms with Crippen molar-refractivity contribution in [1.82, 2.24) is 4.90 Å². The van der Waals surface area contributed by atoms with Gasteiger partial charge in [0, 0.05) is 6.54 Å². The number of aliphatic hydroxyl groups excluding tert-OH is 1. The van der Waals surface area contributed by atoms with Gasteiger partial charge in [0.15, 0.2) is 0 Å². The topological polar surface area (TPSA) is 59.0 Å². The van der Waals surface area contributed by atoms with Gasteiger partial charge < -0.3 is 19.5 Å². The van der Waals surface area contributed by atoms with Crippen LogP contribution in [0, 0.1) is 0 Å². The van der Waals surface area contributed by atoms with E-state index >= 15 is 0 Å². The van der Waals surface area contributed by atoms with Gasteiger partial charge in [-0.15, -0.1) is 0 Å². The molecule has 2 atom stereocenters. The zero-order chi connectivity index (χ0) is 13.1. The number of halogens is 1. The summed E-state index contributed by atoms with van der Waals surface area (Å²) in [6.45, 7) is 6.85. The maximum atomic E-state index is 11.8. The van der Waals surface area contributed by atoms with E-state index < -0.39 is 5.60 Å². The second kappa shape index (κ2) is 6.02. The number of aliphatic hydroxyl groups is 1. The third-order valence-electron chi connectivity index (χ3n) is 2.27. The van der Waals surface area contributed by atoms with Crippen molar-refractivity contribution >= 4 is 22.0 Å². The van der Waals surface area contributed by atoms with E-state index in [0.29, 0.717) is 13.1 Å². The molecule has 5 nitrogen and oxygen atoms in total. The number of carbonyl (C=O) groups is 1. The van der Waals surface area contributed by atoms with E-state index in [4.69, 9.17) is 14.6 Å². The molecule has 1 fully saturated rings. The van der Waals surface area contributed by atoms with Gasteiger partial charge >= 0.3 is 6.09 Å². The minimum Gasteiger partial charge on any atom is -0.444 e. The Morgan fingerprint density at radius 2 is 2.12 bits per heavy atom. The van der Waals surface area contributed by atoms with E-state index in [1.807, 2.05) is 20.8 Å². The van der Waals surface area contributed by atoms with Gasteiger partial charge in [-0.2, -0.15) is 0 Å². The summed E-state index contributed by atoms with van der Waals surface area (Å²) in [7, 11) is 0. The lowest BCUT2D eigenvalue weighted by Gasteiger charge is -2.24. The lowest BCUT2D eigenvalue weighted by atomic mass is 10.2. The van der Waals surface area contributed by atoms with Crippen molar-refractivity contribution < 1.29 is 19.4 Å². The zero-order valence-corrected chi connectivity index (χ0v) is 12.1. The Labute approximate surface area is 110 Å². The first-order valence-corrected chi connectivity index (χ1v) is 6.59. The summed E-state index contributed by atoms with van der Waals surface area (Å²) in [6, 6.07) is 0. The molecule has 1 N–H and O–H groups in total. The third kappa shape index (κ3) is 4.81. The van der Waals surface area contributed by atoms with Gasteiger partial charge in [-0.3, -0.25) is 0 Å². The molecule has 1 rings (SSSR count). The predicted molar refractivity (Wildman–Crippen MR) is 67.3 cm³/mol. The fraction of sp³-hybridized carbons (Fsp3) is 0.909. The van der Waals surface area contributed by atoms with E-state index in [-0.39, 0.29) is 30.2 Å². The second-order valence-corrected chi connectivity index (χ2v) is 6.21. The highest BCUT2D eigenvalue weighted by molar-refractivity contribution is 9.09. The number of amides is 1. The second-order valence-electron chi connectivity index (χ2n) is 5.03. The first-order valence-electron chi connectivity index (χ1n) is 5.68. The third-order valence-corrected chi connectivity index (χ3v) is 3.15. The minimum absolute atomic E-state index is 0.0113. The van der Waals surface area contributed by atoms with Crippen LogP contribution in [0.15, 0.2) is 0 Å². The molecule has 0 aromatic rings. The van der Waals surface area contributed by atoms with Crippen molar-refractivity contribution in [2.45, 2.75) is 37.3 Å². The Bertz CT molecular complexity index is 267. The number of rotatable bonds is 3. The molecule has 0 spiro atoms. The summed E-state index contributed by atoms with van der Waals surface area (Å²) in [5.74, 6) is 0. The normalized spacial score (nSPS) is 25.1. The quantitative estimate of drug-likeness (QED) is 0.800. The Kier molecular flexibility index (Phi) is 5.22. The molecule has 0 aromatic heterocycles. The largest absolute Gasteiger partial charge is 0.444 e. The Morgan fingerprint density at radius 1 is 1.47 bits per heavy atom. The van der Waals surface area contributed by atoms with Crippen molar-refractivity contribution in [1.29, 1.82) is 0 Å². The number of hydrogen-bond donors (Lipinski definition) is 1. The van der Waals surface area contributed by atoms with Crippen LogP contribution in [0.5, 0.6) is 0 Å². The van der Waals surface area contributed by atoms with Crippen molar-refractivity contribution in [2.24, 2.45) is 0 Å². The van der Waals surface area contributed by atoms with Gasteiger partial charge in [0.2, 0.25) is 0 Å². The molecule has 0 aromatic carbocycles. The minimum atomic E-state index is -0.483. The summed E-state index contributed by atoms with van der Waals surface area (Å²) in [5.41, 5.74) is -0.483. The zero-order valence-electron chi connectivity index (χ0n) is 10.5. The van der Waals surface area contributed by atoms with E-state index in [1.165, 1.54) is 0 Å².